The Morgan fingerprint density at radius 2 is 2.17 bits per heavy atom. The summed E-state index contributed by atoms with van der Waals surface area (Å²) in [6.07, 6.45) is 5.62. The van der Waals surface area contributed by atoms with E-state index < -0.39 is 0 Å². The summed E-state index contributed by atoms with van der Waals surface area (Å²) in [4.78, 5) is 0. The summed E-state index contributed by atoms with van der Waals surface area (Å²) in [5.41, 5.74) is 5.70. The van der Waals surface area contributed by atoms with E-state index in [1.54, 1.807) is 4.68 Å². The van der Waals surface area contributed by atoms with Crippen LogP contribution in [-0.2, 0) is 7.05 Å². The predicted octanol–water partition coefficient (Wildman–Crippen LogP) is 0.620. The van der Waals surface area contributed by atoms with Crippen molar-refractivity contribution in [3.05, 3.63) is 54.1 Å². The average Bonchev–Trinajstić information content (AvgIpc) is 2.98. The number of aryl methyl sites for hydroxylation is 1. The minimum atomic E-state index is -0.161. The van der Waals surface area contributed by atoms with Gasteiger partial charge >= 0.3 is 0 Å². The third-order valence-corrected chi connectivity index (χ3v) is 2.96. The lowest BCUT2D eigenvalue weighted by molar-refractivity contribution is 0.606. The van der Waals surface area contributed by atoms with Crippen molar-refractivity contribution in [3.8, 4) is 0 Å². The van der Waals surface area contributed by atoms with Crippen LogP contribution in [0.1, 0.15) is 17.3 Å². The molecule has 6 heteroatoms. The summed E-state index contributed by atoms with van der Waals surface area (Å²) in [6.45, 7) is 0. The number of fused-ring (bicyclic) bond motifs is 1. The highest BCUT2D eigenvalue weighted by Gasteiger charge is 2.19. The van der Waals surface area contributed by atoms with Gasteiger partial charge in [-0.2, -0.15) is 10.2 Å². The van der Waals surface area contributed by atoms with Crippen molar-refractivity contribution in [2.45, 2.75) is 6.04 Å². The van der Waals surface area contributed by atoms with Gasteiger partial charge in [0.2, 0.25) is 0 Å². The van der Waals surface area contributed by atoms with Crippen LogP contribution in [0.4, 0.5) is 0 Å². The molecule has 0 saturated carbocycles. The van der Waals surface area contributed by atoms with E-state index in [4.69, 9.17) is 5.84 Å². The van der Waals surface area contributed by atoms with Gasteiger partial charge in [-0.15, -0.1) is 0 Å². The largest absolute Gasteiger partial charge is 0.275 e. The molecule has 92 valence electrons. The molecule has 6 nitrogen and oxygen atoms in total. The molecule has 0 aliphatic heterocycles. The lowest BCUT2D eigenvalue weighted by atomic mass is 10.1. The average molecular weight is 242 g/mol. The molecule has 0 spiro atoms. The molecule has 0 amide bonds. The normalized spacial score (nSPS) is 13.0. The number of nitrogens with zero attached hydrogens (tertiary/aromatic N) is 4. The molecule has 0 fully saturated rings. The molecule has 0 aromatic carbocycles. The summed E-state index contributed by atoms with van der Waals surface area (Å²) < 4.78 is 3.58. The van der Waals surface area contributed by atoms with Crippen LogP contribution in [0.15, 0.2) is 42.9 Å². The second kappa shape index (κ2) is 4.25. The van der Waals surface area contributed by atoms with Gasteiger partial charge in [-0.1, -0.05) is 6.07 Å². The Morgan fingerprint density at radius 1 is 1.28 bits per heavy atom. The number of rotatable bonds is 3. The van der Waals surface area contributed by atoms with Gasteiger partial charge in [-0.3, -0.25) is 10.5 Å². The minimum absolute atomic E-state index is 0.161. The van der Waals surface area contributed by atoms with Gasteiger partial charge in [-0.05, 0) is 18.2 Å². The van der Waals surface area contributed by atoms with Crippen molar-refractivity contribution in [3.63, 3.8) is 0 Å². The Hall–Kier alpha value is -2.18. The summed E-state index contributed by atoms with van der Waals surface area (Å²) >= 11 is 0. The van der Waals surface area contributed by atoms with Crippen molar-refractivity contribution in [1.29, 1.82) is 0 Å². The van der Waals surface area contributed by atoms with Crippen LogP contribution < -0.4 is 11.3 Å². The Balaban J connectivity index is 2.11. The highest BCUT2D eigenvalue weighted by Crippen LogP contribution is 2.23. The maximum atomic E-state index is 5.66. The molecule has 0 radical (unpaired) electrons. The standard InChI is InChI=1S/C12H14N6/c1-17-7-5-10(16-17)12(15-13)9-8-14-18-6-3-2-4-11(9)18/h2-8,12,15H,13H2,1H3. The lowest BCUT2D eigenvalue weighted by Gasteiger charge is -2.12. The Morgan fingerprint density at radius 3 is 2.89 bits per heavy atom. The van der Waals surface area contributed by atoms with Crippen molar-refractivity contribution in [2.75, 3.05) is 0 Å². The fraction of sp³-hybridized carbons (Fsp3) is 0.167. The molecule has 1 unspecified atom stereocenters. The highest BCUT2D eigenvalue weighted by molar-refractivity contribution is 5.56. The number of pyridine rings is 1. The maximum Gasteiger partial charge on any atom is 0.0936 e. The molecule has 3 aromatic heterocycles. The van der Waals surface area contributed by atoms with Crippen LogP contribution in [-0.4, -0.2) is 19.4 Å². The zero-order chi connectivity index (χ0) is 12.5. The van der Waals surface area contributed by atoms with Crippen LogP contribution in [0.2, 0.25) is 0 Å². The van der Waals surface area contributed by atoms with Crippen molar-refractivity contribution < 1.29 is 0 Å². The van der Waals surface area contributed by atoms with E-state index in [0.29, 0.717) is 0 Å². The first-order valence-corrected chi connectivity index (χ1v) is 5.67. The van der Waals surface area contributed by atoms with Gasteiger partial charge in [0.05, 0.1) is 23.4 Å². The van der Waals surface area contributed by atoms with E-state index in [2.05, 4.69) is 15.6 Å². The molecular weight excluding hydrogens is 228 g/mol. The Bertz CT molecular complexity index is 668. The van der Waals surface area contributed by atoms with Crippen molar-refractivity contribution in [1.82, 2.24) is 24.8 Å². The zero-order valence-electron chi connectivity index (χ0n) is 9.99. The third kappa shape index (κ3) is 1.68. The molecular formula is C12H14N6. The summed E-state index contributed by atoms with van der Waals surface area (Å²) in [5, 5.41) is 8.69. The lowest BCUT2D eigenvalue weighted by Crippen LogP contribution is -2.29. The molecule has 0 bridgehead atoms. The van der Waals surface area contributed by atoms with E-state index in [-0.39, 0.29) is 6.04 Å². The van der Waals surface area contributed by atoms with Crippen LogP contribution in [0, 0.1) is 0 Å². The highest BCUT2D eigenvalue weighted by atomic mass is 15.3. The van der Waals surface area contributed by atoms with E-state index in [1.807, 2.05) is 54.4 Å². The quantitative estimate of drug-likeness (QED) is 0.521. The van der Waals surface area contributed by atoms with Crippen LogP contribution >= 0.6 is 0 Å². The van der Waals surface area contributed by atoms with E-state index in [1.165, 1.54) is 0 Å². The maximum absolute atomic E-state index is 5.66. The SMILES string of the molecule is Cn1ccc(C(NN)c2cnn3ccccc23)n1. The first kappa shape index (κ1) is 10.9. The number of nitrogens with two attached hydrogens (primary N) is 1. The molecule has 0 aliphatic carbocycles. The molecule has 3 heterocycles. The van der Waals surface area contributed by atoms with Gasteiger partial charge < -0.3 is 0 Å². The van der Waals surface area contributed by atoms with Crippen molar-refractivity contribution >= 4 is 5.52 Å². The predicted molar refractivity (Wildman–Crippen MR) is 67.6 cm³/mol. The first-order valence-electron chi connectivity index (χ1n) is 5.67. The van der Waals surface area contributed by atoms with Gasteiger partial charge in [-0.25, -0.2) is 9.94 Å². The molecule has 3 rings (SSSR count). The first-order chi connectivity index (χ1) is 8.79. The molecule has 0 saturated heterocycles. The van der Waals surface area contributed by atoms with E-state index in [9.17, 15) is 0 Å². The zero-order valence-corrected chi connectivity index (χ0v) is 9.99. The van der Waals surface area contributed by atoms with Gasteiger partial charge in [0.1, 0.15) is 0 Å². The van der Waals surface area contributed by atoms with Gasteiger partial charge in [0, 0.05) is 25.0 Å². The second-order valence-electron chi connectivity index (χ2n) is 4.14. The summed E-state index contributed by atoms with van der Waals surface area (Å²) in [7, 11) is 1.88. The number of nitrogens with one attached hydrogen (secondary N) is 1. The van der Waals surface area contributed by atoms with E-state index in [0.717, 1.165) is 16.8 Å². The Kier molecular flexibility index (Phi) is 2.58. The van der Waals surface area contributed by atoms with Crippen LogP contribution in [0.25, 0.3) is 5.52 Å². The minimum Gasteiger partial charge on any atom is -0.275 e. The smallest absolute Gasteiger partial charge is 0.0936 e. The number of hydrogen-bond acceptors (Lipinski definition) is 4. The molecule has 3 aromatic rings. The fourth-order valence-electron chi connectivity index (χ4n) is 2.10. The number of hydrazine groups is 1. The van der Waals surface area contributed by atoms with Crippen LogP contribution in [0.3, 0.4) is 0 Å². The monoisotopic (exact) mass is 242 g/mol. The number of aromatic nitrogens is 4. The van der Waals surface area contributed by atoms with Crippen LogP contribution in [0.5, 0.6) is 0 Å². The molecule has 18 heavy (non-hydrogen) atoms. The summed E-state index contributed by atoms with van der Waals surface area (Å²) in [6, 6.07) is 7.71. The number of hydrogen-bond donors (Lipinski definition) is 2. The van der Waals surface area contributed by atoms with E-state index >= 15 is 0 Å². The van der Waals surface area contributed by atoms with Crippen molar-refractivity contribution in [2.24, 2.45) is 12.9 Å². The molecule has 0 aliphatic rings. The second-order valence-corrected chi connectivity index (χ2v) is 4.14. The molecule has 3 N–H and O–H groups in total. The topological polar surface area (TPSA) is 73.2 Å². The van der Waals surface area contributed by atoms with Gasteiger partial charge in [0.15, 0.2) is 0 Å². The Labute approximate surface area is 104 Å². The third-order valence-electron chi connectivity index (χ3n) is 2.96. The molecule has 1 atom stereocenters. The fourth-order valence-corrected chi connectivity index (χ4v) is 2.10. The summed E-state index contributed by atoms with van der Waals surface area (Å²) in [5.74, 6) is 5.66. The van der Waals surface area contributed by atoms with Gasteiger partial charge in [0.25, 0.3) is 0 Å².